The number of likely N-dealkylation sites (tertiary alicyclic amines) is 1. The number of hydrogen-bond donors (Lipinski definition) is 1. The van der Waals surface area contributed by atoms with Crippen LogP contribution in [0, 0.1) is 6.92 Å². The number of rotatable bonds is 11. The molecule has 1 fully saturated rings. The van der Waals surface area contributed by atoms with Gasteiger partial charge in [-0.15, -0.1) is 0 Å². The number of carbonyl (C=O) groups excluding carboxylic acids is 3. The number of nitrogens with two attached hydrogens (primary N) is 1. The first-order valence-corrected chi connectivity index (χ1v) is 12.6. The number of fused-ring (bicyclic) bond motifs is 1. The number of carbonyl (C=O) groups is 3. The lowest BCUT2D eigenvalue weighted by molar-refractivity contribution is -0.143. The normalized spacial score (nSPS) is 18.2. The Kier molecular flexibility index (Phi) is 9.38. The lowest BCUT2D eigenvalue weighted by Crippen LogP contribution is -2.25. The predicted molar refractivity (Wildman–Crippen MR) is 133 cm³/mol. The van der Waals surface area contributed by atoms with Gasteiger partial charge in [-0.2, -0.15) is 4.39 Å². The zero-order valence-corrected chi connectivity index (χ0v) is 22.1. The van der Waals surface area contributed by atoms with E-state index in [4.69, 9.17) is 43.1 Å². The van der Waals surface area contributed by atoms with Crippen LogP contribution in [0.25, 0.3) is 0 Å². The van der Waals surface area contributed by atoms with Crippen LogP contribution in [0.3, 0.4) is 0 Å². The highest BCUT2D eigenvalue weighted by atomic mass is 35.5. The van der Waals surface area contributed by atoms with Crippen molar-refractivity contribution in [2.24, 2.45) is 5.73 Å². The molecule has 1 atom stereocenters. The summed E-state index contributed by atoms with van der Waals surface area (Å²) in [5.41, 5.74) is 7.18. The fraction of sp³-hybridized carbons (Fsp3) is 0.560. The van der Waals surface area contributed by atoms with Gasteiger partial charge in [0.2, 0.25) is 5.78 Å². The Hall–Kier alpha value is -2.20. The number of halogens is 3. The van der Waals surface area contributed by atoms with E-state index in [2.05, 4.69) is 4.90 Å². The molecule has 0 spiro atoms. The Labute approximate surface area is 219 Å². The molecule has 0 amide bonds. The van der Waals surface area contributed by atoms with Crippen LogP contribution in [0.1, 0.15) is 76.2 Å². The summed E-state index contributed by atoms with van der Waals surface area (Å²) < 4.78 is 27.0. The van der Waals surface area contributed by atoms with Crippen LogP contribution in [0.5, 0.6) is 5.75 Å². The molecule has 1 unspecified atom stereocenters. The van der Waals surface area contributed by atoms with E-state index in [0.29, 0.717) is 18.6 Å². The number of hydrogen-bond acceptors (Lipinski definition) is 8. The zero-order valence-electron chi connectivity index (χ0n) is 20.6. The molecule has 0 aromatic heterocycles. The first-order chi connectivity index (χ1) is 17.0. The number of allylic oxidation sites excluding steroid dienone is 2. The summed E-state index contributed by atoms with van der Waals surface area (Å²) in [6.07, 6.45) is 3.66. The third-order valence-electron chi connectivity index (χ3n) is 6.50. The van der Waals surface area contributed by atoms with Crippen molar-refractivity contribution in [1.82, 2.24) is 4.90 Å². The van der Waals surface area contributed by atoms with Crippen molar-refractivity contribution in [1.29, 1.82) is 0 Å². The number of ether oxygens (including phenoxy) is 3. The van der Waals surface area contributed by atoms with E-state index in [1.807, 2.05) is 6.92 Å². The molecule has 198 valence electrons. The van der Waals surface area contributed by atoms with Crippen LogP contribution in [0.2, 0.25) is 0 Å². The quantitative estimate of drug-likeness (QED) is 0.190. The van der Waals surface area contributed by atoms with Gasteiger partial charge in [0.15, 0.2) is 6.23 Å². The molecule has 0 radical (unpaired) electrons. The Balaban J connectivity index is 1.79. The fourth-order valence-corrected chi connectivity index (χ4v) is 4.83. The van der Waals surface area contributed by atoms with Crippen molar-refractivity contribution in [3.63, 3.8) is 0 Å². The highest BCUT2D eigenvalue weighted by Gasteiger charge is 2.44. The van der Waals surface area contributed by atoms with E-state index in [1.54, 1.807) is 13.0 Å². The Bertz CT molecular complexity index is 1060. The van der Waals surface area contributed by atoms with Crippen molar-refractivity contribution in [3.8, 4) is 5.75 Å². The first-order valence-electron chi connectivity index (χ1n) is 11.8. The van der Waals surface area contributed by atoms with Crippen LogP contribution in [-0.4, -0.2) is 60.6 Å². The van der Waals surface area contributed by atoms with Gasteiger partial charge in [-0.1, -0.05) is 34.9 Å². The SMILES string of the molecule is COc1c(C)c2c(c(C(=O)C(F)(Cl)Cl)c1CC=C(C)CCC(=O)OCCN1CCCC1)C(=O)OC2N. The minimum atomic E-state index is -3.28. The van der Waals surface area contributed by atoms with Crippen molar-refractivity contribution in [3.05, 3.63) is 39.5 Å². The molecule has 0 bridgehead atoms. The van der Waals surface area contributed by atoms with E-state index in [9.17, 15) is 18.8 Å². The third-order valence-corrected chi connectivity index (χ3v) is 6.84. The number of methoxy groups -OCH3 is 1. The van der Waals surface area contributed by atoms with E-state index < -0.39 is 22.6 Å². The summed E-state index contributed by atoms with van der Waals surface area (Å²) in [4.78, 5) is 39.8. The molecule has 8 nitrogen and oxygen atoms in total. The smallest absolute Gasteiger partial charge is 0.341 e. The number of Topliss-reactive ketones (excluding diaryl/α,β-unsaturated/α-hetero) is 1. The van der Waals surface area contributed by atoms with Gasteiger partial charge in [0.1, 0.15) is 12.4 Å². The molecule has 0 aliphatic carbocycles. The maximum atomic E-state index is 14.4. The highest BCUT2D eigenvalue weighted by Crippen LogP contribution is 2.43. The van der Waals surface area contributed by atoms with E-state index in [0.717, 1.165) is 25.2 Å². The topological polar surface area (TPSA) is 108 Å². The molecule has 11 heteroatoms. The van der Waals surface area contributed by atoms with Crippen molar-refractivity contribution in [2.75, 3.05) is 33.4 Å². The van der Waals surface area contributed by atoms with Gasteiger partial charge in [0, 0.05) is 35.2 Å². The molecule has 2 N–H and O–H groups in total. The second-order valence-corrected chi connectivity index (χ2v) is 10.2. The van der Waals surface area contributed by atoms with E-state index in [-0.39, 0.29) is 46.8 Å². The first kappa shape index (κ1) is 28.4. The van der Waals surface area contributed by atoms with Gasteiger partial charge in [-0.3, -0.25) is 20.2 Å². The summed E-state index contributed by atoms with van der Waals surface area (Å²) in [6.45, 7) is 6.65. The largest absolute Gasteiger partial charge is 0.496 e. The second kappa shape index (κ2) is 11.9. The molecule has 1 aromatic carbocycles. The van der Waals surface area contributed by atoms with E-state index in [1.165, 1.54) is 20.0 Å². The zero-order chi connectivity index (χ0) is 26.6. The fourth-order valence-electron chi connectivity index (χ4n) is 4.64. The van der Waals surface area contributed by atoms with Crippen molar-refractivity contribution >= 4 is 40.9 Å². The number of esters is 2. The van der Waals surface area contributed by atoms with Gasteiger partial charge in [-0.25, -0.2) is 4.79 Å². The van der Waals surface area contributed by atoms with Gasteiger partial charge in [0.25, 0.3) is 0 Å². The number of nitrogens with zero attached hydrogens (tertiary/aromatic N) is 1. The average Bonchev–Trinajstić information content (AvgIpc) is 3.43. The number of benzene rings is 1. The monoisotopic (exact) mass is 544 g/mol. The third kappa shape index (κ3) is 6.37. The Morgan fingerprint density at radius 1 is 1.28 bits per heavy atom. The summed E-state index contributed by atoms with van der Waals surface area (Å²) in [5, 5.41) is 0. The van der Waals surface area contributed by atoms with Gasteiger partial charge >= 0.3 is 16.5 Å². The molecule has 2 heterocycles. The Morgan fingerprint density at radius 3 is 2.56 bits per heavy atom. The number of cyclic esters (lactones) is 1. The molecule has 2 aliphatic heterocycles. The predicted octanol–water partition coefficient (Wildman–Crippen LogP) is 4.32. The number of ketones is 1. The van der Waals surface area contributed by atoms with Gasteiger partial charge in [-0.05, 0) is 52.6 Å². The summed E-state index contributed by atoms with van der Waals surface area (Å²) in [6, 6.07) is 0. The van der Waals surface area contributed by atoms with Crippen LogP contribution < -0.4 is 10.5 Å². The average molecular weight is 545 g/mol. The summed E-state index contributed by atoms with van der Waals surface area (Å²) >= 11 is 11.0. The summed E-state index contributed by atoms with van der Waals surface area (Å²) in [7, 11) is 1.38. The molecule has 1 aromatic rings. The van der Waals surface area contributed by atoms with E-state index >= 15 is 0 Å². The summed E-state index contributed by atoms with van der Waals surface area (Å²) in [5.74, 6) is -2.24. The van der Waals surface area contributed by atoms with Crippen LogP contribution >= 0.6 is 23.2 Å². The maximum absolute atomic E-state index is 14.4. The van der Waals surface area contributed by atoms with Crippen molar-refractivity contribution in [2.45, 2.75) is 56.8 Å². The molecule has 3 rings (SSSR count). The Morgan fingerprint density at radius 2 is 1.94 bits per heavy atom. The standard InChI is InChI=1S/C25H31Cl2FN2O6/c1-14(7-9-17(31)35-13-12-30-10-4-5-11-30)6-8-16-19(22(32)25(26,27)28)20-18(15(2)21(16)34-3)23(29)36-24(20)33/h6,23H,4-5,7-13,29H2,1-3H3. The molecule has 1 saturated heterocycles. The highest BCUT2D eigenvalue weighted by molar-refractivity contribution is 6.58. The minimum Gasteiger partial charge on any atom is -0.496 e. The maximum Gasteiger partial charge on any atom is 0.341 e. The minimum absolute atomic E-state index is 0.0839. The van der Waals surface area contributed by atoms with Crippen LogP contribution in [-0.2, 0) is 20.7 Å². The van der Waals surface area contributed by atoms with Crippen molar-refractivity contribution < 1.29 is 33.0 Å². The van der Waals surface area contributed by atoms with Crippen LogP contribution in [0.4, 0.5) is 4.39 Å². The second-order valence-electron chi connectivity index (χ2n) is 8.98. The molecular formula is C25H31Cl2FN2O6. The number of alkyl halides is 3. The lowest BCUT2D eigenvalue weighted by Gasteiger charge is -2.20. The molecule has 36 heavy (non-hydrogen) atoms. The van der Waals surface area contributed by atoms with Gasteiger partial charge in [0.05, 0.1) is 12.7 Å². The lowest BCUT2D eigenvalue weighted by atomic mass is 9.87. The molecule has 0 saturated carbocycles. The molecular weight excluding hydrogens is 514 g/mol. The van der Waals surface area contributed by atoms with Gasteiger partial charge < -0.3 is 14.2 Å². The van der Waals surface area contributed by atoms with Crippen LogP contribution in [0.15, 0.2) is 11.6 Å². The molecule has 2 aliphatic rings.